The molecule has 1 saturated carbocycles. The van der Waals surface area contributed by atoms with Gasteiger partial charge in [-0.3, -0.25) is 0 Å². The van der Waals surface area contributed by atoms with Gasteiger partial charge in [0.2, 0.25) is 0 Å². The van der Waals surface area contributed by atoms with Crippen LogP contribution in [0.5, 0.6) is 0 Å². The largest absolute Gasteiger partial charge is 0.478 e. The molecule has 0 amide bonds. The molecule has 1 aromatic heterocycles. The van der Waals surface area contributed by atoms with Gasteiger partial charge in [0, 0.05) is 11.7 Å². The highest BCUT2D eigenvalue weighted by molar-refractivity contribution is 5.94. The van der Waals surface area contributed by atoms with Crippen LogP contribution in [0.15, 0.2) is 6.07 Å². The lowest BCUT2D eigenvalue weighted by molar-refractivity contribution is 0.0696. The van der Waals surface area contributed by atoms with Gasteiger partial charge >= 0.3 is 5.97 Å². The van der Waals surface area contributed by atoms with Crippen LogP contribution in [0.4, 0.5) is 5.82 Å². The molecule has 2 rings (SSSR count). The molecular formula is C16H24N2O2. The van der Waals surface area contributed by atoms with Crippen molar-refractivity contribution in [2.45, 2.75) is 53.0 Å². The van der Waals surface area contributed by atoms with Gasteiger partial charge in [0.1, 0.15) is 11.4 Å². The van der Waals surface area contributed by atoms with E-state index in [4.69, 9.17) is 0 Å². The molecule has 3 unspecified atom stereocenters. The summed E-state index contributed by atoms with van der Waals surface area (Å²) in [4.78, 5) is 15.9. The molecule has 0 spiro atoms. The third kappa shape index (κ3) is 2.79. The Kier molecular flexibility index (Phi) is 4.31. The lowest BCUT2D eigenvalue weighted by atomic mass is 9.93. The first-order valence-corrected chi connectivity index (χ1v) is 7.42. The van der Waals surface area contributed by atoms with Crippen LogP contribution in [0.1, 0.15) is 54.7 Å². The van der Waals surface area contributed by atoms with E-state index in [0.29, 0.717) is 23.3 Å². The minimum atomic E-state index is -0.907. The topological polar surface area (TPSA) is 62.2 Å². The van der Waals surface area contributed by atoms with Gasteiger partial charge in [-0.15, -0.1) is 0 Å². The van der Waals surface area contributed by atoms with Crippen LogP contribution in [-0.4, -0.2) is 22.1 Å². The summed E-state index contributed by atoms with van der Waals surface area (Å²) in [6.45, 7) is 8.20. The number of carboxylic acids is 1. The monoisotopic (exact) mass is 276 g/mol. The summed E-state index contributed by atoms with van der Waals surface area (Å²) in [7, 11) is 0. The van der Waals surface area contributed by atoms with Gasteiger partial charge in [-0.1, -0.05) is 20.3 Å². The van der Waals surface area contributed by atoms with Crippen molar-refractivity contribution in [2.24, 2.45) is 11.8 Å². The predicted octanol–water partition coefficient (Wildman–Crippen LogP) is 3.63. The number of aromatic nitrogens is 1. The second kappa shape index (κ2) is 5.81. The number of carbonyl (C=O) groups is 1. The first-order chi connectivity index (χ1) is 9.43. The molecule has 0 aromatic carbocycles. The van der Waals surface area contributed by atoms with Crippen LogP contribution >= 0.6 is 0 Å². The summed E-state index contributed by atoms with van der Waals surface area (Å²) >= 11 is 0. The molecule has 1 aliphatic carbocycles. The Labute approximate surface area is 120 Å². The standard InChI is InChI=1S/C16H24N2O2/c1-5-12-6-7-13(11(12)4)18-15-14(16(19)20)9(2)8-10(3)17-15/h8,11-13H,5-7H2,1-4H3,(H,17,18)(H,19,20). The zero-order valence-electron chi connectivity index (χ0n) is 12.7. The van der Waals surface area contributed by atoms with Crippen molar-refractivity contribution in [1.82, 2.24) is 4.98 Å². The van der Waals surface area contributed by atoms with Crippen LogP contribution in [0.2, 0.25) is 0 Å². The Morgan fingerprint density at radius 3 is 2.70 bits per heavy atom. The van der Waals surface area contributed by atoms with Crippen molar-refractivity contribution in [3.8, 4) is 0 Å². The molecule has 3 atom stereocenters. The van der Waals surface area contributed by atoms with E-state index in [1.54, 1.807) is 0 Å². The average Bonchev–Trinajstić information content (AvgIpc) is 2.69. The van der Waals surface area contributed by atoms with Gasteiger partial charge in [0.25, 0.3) is 0 Å². The molecule has 110 valence electrons. The number of nitrogens with zero attached hydrogens (tertiary/aromatic N) is 1. The molecule has 1 fully saturated rings. The number of aromatic carboxylic acids is 1. The number of rotatable bonds is 4. The molecule has 4 heteroatoms. The van der Waals surface area contributed by atoms with Gasteiger partial charge in [-0.2, -0.15) is 0 Å². The highest BCUT2D eigenvalue weighted by Gasteiger charge is 2.32. The quantitative estimate of drug-likeness (QED) is 0.881. The molecule has 1 heterocycles. The van der Waals surface area contributed by atoms with E-state index in [-0.39, 0.29) is 0 Å². The molecule has 0 radical (unpaired) electrons. The molecule has 20 heavy (non-hydrogen) atoms. The van der Waals surface area contributed by atoms with Crippen molar-refractivity contribution in [2.75, 3.05) is 5.32 Å². The maximum Gasteiger partial charge on any atom is 0.339 e. The van der Waals surface area contributed by atoms with Crippen molar-refractivity contribution in [3.05, 3.63) is 22.9 Å². The van der Waals surface area contributed by atoms with Gasteiger partial charge in [-0.05, 0) is 50.2 Å². The third-order valence-electron chi connectivity index (χ3n) is 4.63. The molecule has 2 N–H and O–H groups in total. The van der Waals surface area contributed by atoms with E-state index >= 15 is 0 Å². The van der Waals surface area contributed by atoms with E-state index < -0.39 is 5.97 Å². The number of nitrogens with one attached hydrogen (secondary N) is 1. The SMILES string of the molecule is CCC1CCC(Nc2nc(C)cc(C)c2C(=O)O)C1C. The summed E-state index contributed by atoms with van der Waals surface area (Å²) in [6, 6.07) is 2.15. The Balaban J connectivity index is 2.27. The Morgan fingerprint density at radius 2 is 2.15 bits per heavy atom. The van der Waals surface area contributed by atoms with E-state index in [0.717, 1.165) is 23.6 Å². The number of aryl methyl sites for hydroxylation is 2. The van der Waals surface area contributed by atoms with Crippen LogP contribution < -0.4 is 5.32 Å². The van der Waals surface area contributed by atoms with Gasteiger partial charge in [-0.25, -0.2) is 9.78 Å². The lowest BCUT2D eigenvalue weighted by Crippen LogP contribution is -2.26. The first-order valence-electron chi connectivity index (χ1n) is 7.42. The van der Waals surface area contributed by atoms with E-state index in [1.165, 1.54) is 12.8 Å². The molecular weight excluding hydrogens is 252 g/mol. The molecule has 1 aliphatic rings. The van der Waals surface area contributed by atoms with E-state index in [1.807, 2.05) is 19.9 Å². The number of carboxylic acid groups (broad SMARTS) is 1. The zero-order valence-corrected chi connectivity index (χ0v) is 12.7. The van der Waals surface area contributed by atoms with Crippen LogP contribution in [-0.2, 0) is 0 Å². The van der Waals surface area contributed by atoms with Gasteiger partial charge < -0.3 is 10.4 Å². The smallest absolute Gasteiger partial charge is 0.339 e. The summed E-state index contributed by atoms with van der Waals surface area (Å²) in [5.74, 6) is 0.912. The van der Waals surface area contributed by atoms with Crippen molar-refractivity contribution >= 4 is 11.8 Å². The number of anilines is 1. The summed E-state index contributed by atoms with van der Waals surface area (Å²) in [6.07, 6.45) is 3.49. The maximum absolute atomic E-state index is 11.4. The predicted molar refractivity (Wildman–Crippen MR) is 80.3 cm³/mol. The van der Waals surface area contributed by atoms with Gasteiger partial charge in [0.05, 0.1) is 0 Å². The van der Waals surface area contributed by atoms with Crippen molar-refractivity contribution in [3.63, 3.8) is 0 Å². The fourth-order valence-electron chi connectivity index (χ4n) is 3.41. The highest BCUT2D eigenvalue weighted by atomic mass is 16.4. The fraction of sp³-hybridized carbons (Fsp3) is 0.625. The fourth-order valence-corrected chi connectivity index (χ4v) is 3.41. The zero-order chi connectivity index (χ0) is 14.9. The van der Waals surface area contributed by atoms with Crippen LogP contribution in [0.3, 0.4) is 0 Å². The maximum atomic E-state index is 11.4. The molecule has 0 saturated heterocycles. The summed E-state index contributed by atoms with van der Waals surface area (Å²) < 4.78 is 0. The number of pyridine rings is 1. The number of hydrogen-bond donors (Lipinski definition) is 2. The Hall–Kier alpha value is -1.58. The minimum absolute atomic E-state index is 0.308. The molecule has 4 nitrogen and oxygen atoms in total. The first kappa shape index (κ1) is 14.8. The Bertz CT molecular complexity index is 513. The second-order valence-electron chi connectivity index (χ2n) is 5.96. The van der Waals surface area contributed by atoms with Crippen LogP contribution in [0.25, 0.3) is 0 Å². The molecule has 0 aliphatic heterocycles. The number of hydrogen-bond acceptors (Lipinski definition) is 3. The second-order valence-corrected chi connectivity index (χ2v) is 5.96. The highest BCUT2D eigenvalue weighted by Crippen LogP contribution is 2.36. The van der Waals surface area contributed by atoms with E-state index in [2.05, 4.69) is 24.1 Å². The summed E-state index contributed by atoms with van der Waals surface area (Å²) in [5.41, 5.74) is 1.93. The average molecular weight is 276 g/mol. The van der Waals surface area contributed by atoms with E-state index in [9.17, 15) is 9.90 Å². The Morgan fingerprint density at radius 1 is 1.45 bits per heavy atom. The van der Waals surface area contributed by atoms with Gasteiger partial charge in [0.15, 0.2) is 0 Å². The molecule has 1 aromatic rings. The third-order valence-corrected chi connectivity index (χ3v) is 4.63. The van der Waals surface area contributed by atoms with Crippen molar-refractivity contribution in [1.29, 1.82) is 0 Å². The molecule has 0 bridgehead atoms. The van der Waals surface area contributed by atoms with Crippen LogP contribution in [0, 0.1) is 25.7 Å². The van der Waals surface area contributed by atoms with Crippen molar-refractivity contribution < 1.29 is 9.90 Å². The minimum Gasteiger partial charge on any atom is -0.478 e. The lowest BCUT2D eigenvalue weighted by Gasteiger charge is -2.23. The normalized spacial score (nSPS) is 25.7. The summed E-state index contributed by atoms with van der Waals surface area (Å²) in [5, 5.41) is 12.8.